The Kier molecular flexibility index (Phi) is 5.24. The lowest BCUT2D eigenvalue weighted by Gasteiger charge is -2.32. The highest BCUT2D eigenvalue weighted by atomic mass is 19.2. The second-order valence-corrected chi connectivity index (χ2v) is 6.32. The van der Waals surface area contributed by atoms with Crippen molar-refractivity contribution in [2.75, 3.05) is 26.3 Å². The summed E-state index contributed by atoms with van der Waals surface area (Å²) in [7, 11) is 0. The quantitative estimate of drug-likeness (QED) is 0.860. The van der Waals surface area contributed by atoms with Crippen LogP contribution in [0.25, 0.3) is 0 Å². The molecule has 1 aromatic carbocycles. The van der Waals surface area contributed by atoms with Crippen molar-refractivity contribution in [2.45, 2.75) is 44.3 Å². The number of rotatable bonds is 4. The van der Waals surface area contributed by atoms with Crippen molar-refractivity contribution in [3.8, 4) is 0 Å². The third kappa shape index (κ3) is 3.54. The van der Waals surface area contributed by atoms with E-state index in [0.29, 0.717) is 11.6 Å². The molecule has 0 bridgehead atoms. The van der Waals surface area contributed by atoms with E-state index in [1.807, 2.05) is 6.92 Å². The van der Waals surface area contributed by atoms with Gasteiger partial charge in [-0.05, 0) is 43.5 Å². The van der Waals surface area contributed by atoms with Gasteiger partial charge in [-0.1, -0.05) is 6.92 Å². The lowest BCUT2D eigenvalue weighted by atomic mass is 9.97. The Balaban J connectivity index is 1.82. The van der Waals surface area contributed by atoms with Crippen molar-refractivity contribution >= 4 is 0 Å². The molecule has 0 radical (unpaired) electrons. The molecule has 3 nitrogen and oxygen atoms in total. The fourth-order valence-corrected chi connectivity index (χ4v) is 3.74. The van der Waals surface area contributed by atoms with Crippen LogP contribution in [0, 0.1) is 17.5 Å². The summed E-state index contributed by atoms with van der Waals surface area (Å²) in [5, 5.41) is 3.62. The molecule has 0 amide bonds. The first-order chi connectivity index (χ1) is 11.1. The molecule has 2 heterocycles. The second-order valence-electron chi connectivity index (χ2n) is 6.32. The van der Waals surface area contributed by atoms with Crippen LogP contribution in [-0.2, 0) is 4.74 Å². The predicted octanol–water partition coefficient (Wildman–Crippen LogP) is 3.01. The number of hydrogen-bond acceptors (Lipinski definition) is 3. The summed E-state index contributed by atoms with van der Waals surface area (Å²) in [6.07, 6.45) is 2.81. The zero-order chi connectivity index (χ0) is 16.4. The number of halogens is 3. The van der Waals surface area contributed by atoms with E-state index in [9.17, 15) is 13.2 Å². The van der Waals surface area contributed by atoms with Crippen molar-refractivity contribution in [2.24, 2.45) is 0 Å². The summed E-state index contributed by atoms with van der Waals surface area (Å²) in [4.78, 5) is 2.18. The molecule has 2 aliphatic heterocycles. The minimum absolute atomic E-state index is 0.113. The fourth-order valence-electron chi connectivity index (χ4n) is 3.74. The number of ether oxygens (including phenoxy) is 1. The monoisotopic (exact) mass is 328 g/mol. The Hall–Kier alpha value is -1.11. The molecule has 2 fully saturated rings. The molecule has 0 spiro atoms. The van der Waals surface area contributed by atoms with Gasteiger partial charge in [-0.3, -0.25) is 4.90 Å². The van der Waals surface area contributed by atoms with E-state index in [1.165, 1.54) is 0 Å². The van der Waals surface area contributed by atoms with Crippen molar-refractivity contribution in [1.29, 1.82) is 0 Å². The maximum atomic E-state index is 13.6. The van der Waals surface area contributed by atoms with Crippen LogP contribution in [0.3, 0.4) is 0 Å². The van der Waals surface area contributed by atoms with Gasteiger partial charge in [0, 0.05) is 31.8 Å². The van der Waals surface area contributed by atoms with Gasteiger partial charge in [-0.2, -0.15) is 0 Å². The van der Waals surface area contributed by atoms with Crippen molar-refractivity contribution in [3.63, 3.8) is 0 Å². The average molecular weight is 328 g/mol. The summed E-state index contributed by atoms with van der Waals surface area (Å²) in [6.45, 7) is 5.17. The van der Waals surface area contributed by atoms with Gasteiger partial charge in [0.05, 0.1) is 6.04 Å². The van der Waals surface area contributed by atoms with Crippen molar-refractivity contribution in [1.82, 2.24) is 10.2 Å². The molecular weight excluding hydrogens is 305 g/mol. The fraction of sp³-hybridized carbons (Fsp3) is 0.647. The zero-order valence-corrected chi connectivity index (χ0v) is 13.3. The maximum absolute atomic E-state index is 13.6. The minimum atomic E-state index is -1.40. The molecule has 2 saturated heterocycles. The smallest absolute Gasteiger partial charge is 0.194 e. The maximum Gasteiger partial charge on any atom is 0.194 e. The van der Waals surface area contributed by atoms with E-state index in [-0.39, 0.29) is 12.1 Å². The van der Waals surface area contributed by atoms with Crippen molar-refractivity contribution < 1.29 is 17.9 Å². The average Bonchev–Trinajstić information content (AvgIpc) is 2.95. The Bertz CT molecular complexity index is 526. The summed E-state index contributed by atoms with van der Waals surface area (Å²) in [6, 6.07) is 2.61. The Morgan fingerprint density at radius 1 is 1.13 bits per heavy atom. The summed E-state index contributed by atoms with van der Waals surface area (Å²) < 4.78 is 45.9. The zero-order valence-electron chi connectivity index (χ0n) is 13.3. The van der Waals surface area contributed by atoms with Gasteiger partial charge in [0.2, 0.25) is 0 Å². The first kappa shape index (κ1) is 16.7. The van der Waals surface area contributed by atoms with E-state index < -0.39 is 17.5 Å². The summed E-state index contributed by atoms with van der Waals surface area (Å²) in [5.74, 6) is -3.63. The molecule has 128 valence electrons. The van der Waals surface area contributed by atoms with Crippen LogP contribution >= 0.6 is 0 Å². The Morgan fingerprint density at radius 3 is 2.39 bits per heavy atom. The number of likely N-dealkylation sites (tertiary alicyclic amines) is 1. The predicted molar refractivity (Wildman–Crippen MR) is 81.7 cm³/mol. The van der Waals surface area contributed by atoms with E-state index in [1.54, 1.807) is 0 Å². The molecular formula is C17H23F3N2O. The van der Waals surface area contributed by atoms with Crippen LogP contribution in [0.15, 0.2) is 12.1 Å². The first-order valence-corrected chi connectivity index (χ1v) is 8.32. The van der Waals surface area contributed by atoms with E-state index >= 15 is 0 Å². The summed E-state index contributed by atoms with van der Waals surface area (Å²) >= 11 is 0. The third-order valence-corrected chi connectivity index (χ3v) is 4.93. The van der Waals surface area contributed by atoms with Gasteiger partial charge in [-0.15, -0.1) is 0 Å². The molecule has 1 aromatic rings. The number of nitrogens with one attached hydrogen (secondary N) is 1. The van der Waals surface area contributed by atoms with Gasteiger partial charge < -0.3 is 10.1 Å². The van der Waals surface area contributed by atoms with Crippen LogP contribution < -0.4 is 5.32 Å². The standard InChI is InChI=1S/C17H23F3N2O/c1-2-22-6-3-15(21-12-4-7-23-8-5-12)17(22)11-9-13(18)16(20)14(19)10-11/h9-10,12,15,17,21H,2-8H2,1H3/t15-,17+/m0/s1. The molecule has 3 rings (SSSR count). The van der Waals surface area contributed by atoms with E-state index in [0.717, 1.165) is 57.7 Å². The molecule has 23 heavy (non-hydrogen) atoms. The largest absolute Gasteiger partial charge is 0.381 e. The highest BCUT2D eigenvalue weighted by Gasteiger charge is 2.36. The number of benzene rings is 1. The van der Waals surface area contributed by atoms with Gasteiger partial charge in [-0.25, -0.2) is 13.2 Å². The van der Waals surface area contributed by atoms with Crippen LogP contribution in [0.4, 0.5) is 13.2 Å². The SMILES string of the molecule is CCN1CC[C@H](NC2CCOCC2)[C@H]1c1cc(F)c(F)c(F)c1. The molecule has 2 aliphatic rings. The second kappa shape index (κ2) is 7.20. The lowest BCUT2D eigenvalue weighted by Crippen LogP contribution is -2.44. The van der Waals surface area contributed by atoms with Gasteiger partial charge in [0.1, 0.15) is 0 Å². The van der Waals surface area contributed by atoms with Gasteiger partial charge in [0.25, 0.3) is 0 Å². The van der Waals surface area contributed by atoms with Crippen LogP contribution in [0.1, 0.15) is 37.8 Å². The van der Waals surface area contributed by atoms with Gasteiger partial charge >= 0.3 is 0 Å². The van der Waals surface area contributed by atoms with Crippen LogP contribution in [-0.4, -0.2) is 43.3 Å². The molecule has 0 aromatic heterocycles. The topological polar surface area (TPSA) is 24.5 Å². The highest BCUT2D eigenvalue weighted by molar-refractivity contribution is 5.25. The first-order valence-electron chi connectivity index (χ1n) is 8.32. The lowest BCUT2D eigenvalue weighted by molar-refractivity contribution is 0.0729. The molecule has 0 saturated carbocycles. The molecule has 2 atom stereocenters. The van der Waals surface area contributed by atoms with Crippen molar-refractivity contribution in [3.05, 3.63) is 35.1 Å². The minimum Gasteiger partial charge on any atom is -0.381 e. The van der Waals surface area contributed by atoms with Crippen LogP contribution in [0.5, 0.6) is 0 Å². The van der Waals surface area contributed by atoms with Crippen LogP contribution in [0.2, 0.25) is 0 Å². The van der Waals surface area contributed by atoms with E-state index in [2.05, 4.69) is 10.2 Å². The van der Waals surface area contributed by atoms with Gasteiger partial charge in [0.15, 0.2) is 17.5 Å². The molecule has 0 unspecified atom stereocenters. The Morgan fingerprint density at radius 2 is 1.78 bits per heavy atom. The molecule has 6 heteroatoms. The number of likely N-dealkylation sites (N-methyl/N-ethyl adjacent to an activating group) is 1. The summed E-state index contributed by atoms with van der Waals surface area (Å²) in [5.41, 5.74) is 0.505. The number of nitrogens with zero attached hydrogens (tertiary/aromatic N) is 1. The normalized spacial score (nSPS) is 26.8. The van der Waals surface area contributed by atoms with E-state index in [4.69, 9.17) is 4.74 Å². The number of hydrogen-bond donors (Lipinski definition) is 1. The Labute approximate surface area is 134 Å². The molecule has 0 aliphatic carbocycles. The molecule has 1 N–H and O–H groups in total. The third-order valence-electron chi connectivity index (χ3n) is 4.93. The highest BCUT2D eigenvalue weighted by Crippen LogP contribution is 2.34.